The summed E-state index contributed by atoms with van der Waals surface area (Å²) in [5.41, 5.74) is 5.82. The van der Waals surface area contributed by atoms with Gasteiger partial charge in [-0.1, -0.05) is 18.3 Å². The molecule has 0 radical (unpaired) electrons. The number of amides is 1. The van der Waals surface area contributed by atoms with E-state index in [4.69, 9.17) is 5.73 Å². The van der Waals surface area contributed by atoms with Crippen molar-refractivity contribution in [2.45, 2.75) is 26.3 Å². The first-order valence-electron chi connectivity index (χ1n) is 5.51. The van der Waals surface area contributed by atoms with Crippen molar-refractivity contribution in [2.75, 3.05) is 5.32 Å². The highest BCUT2D eigenvalue weighted by Crippen LogP contribution is 2.18. The average molecular weight is 320 g/mol. The van der Waals surface area contributed by atoms with Crippen LogP contribution in [0.4, 0.5) is 5.13 Å². The standard InChI is InChI=1S/C10H13N5OS2.ClH/c1-2-3-7-14-15-10(18-7)13-9(16)6-5-17-8(4-11)12-6;/h5H,2-4,11H2,1H3,(H,13,15,16);1H. The van der Waals surface area contributed by atoms with Crippen LogP contribution in [-0.4, -0.2) is 21.1 Å². The fourth-order valence-electron chi connectivity index (χ4n) is 1.29. The highest BCUT2D eigenvalue weighted by molar-refractivity contribution is 7.15. The maximum absolute atomic E-state index is 11.8. The number of nitrogens with zero attached hydrogens (tertiary/aromatic N) is 3. The minimum absolute atomic E-state index is 0. The van der Waals surface area contributed by atoms with Crippen LogP contribution < -0.4 is 11.1 Å². The lowest BCUT2D eigenvalue weighted by Crippen LogP contribution is -2.12. The molecule has 0 aliphatic rings. The van der Waals surface area contributed by atoms with Gasteiger partial charge >= 0.3 is 0 Å². The van der Waals surface area contributed by atoms with E-state index in [2.05, 4.69) is 27.4 Å². The molecule has 104 valence electrons. The topological polar surface area (TPSA) is 93.8 Å². The SMILES string of the molecule is CCCc1nnc(NC(=O)c2csc(CN)n2)s1.Cl. The summed E-state index contributed by atoms with van der Waals surface area (Å²) < 4.78 is 0. The number of carbonyl (C=O) groups excluding carboxylic acids is 1. The van der Waals surface area contributed by atoms with Gasteiger partial charge < -0.3 is 5.73 Å². The molecule has 0 fully saturated rings. The van der Waals surface area contributed by atoms with E-state index < -0.39 is 0 Å². The molecule has 3 N–H and O–H groups in total. The Morgan fingerprint density at radius 3 is 2.84 bits per heavy atom. The lowest BCUT2D eigenvalue weighted by Gasteiger charge is -1.96. The van der Waals surface area contributed by atoms with Crippen LogP contribution in [0.3, 0.4) is 0 Å². The molecule has 0 bridgehead atoms. The Bertz CT molecular complexity index is 542. The summed E-state index contributed by atoms with van der Waals surface area (Å²) in [5, 5.41) is 14.4. The van der Waals surface area contributed by atoms with Crippen LogP contribution in [0, 0.1) is 0 Å². The van der Waals surface area contributed by atoms with Crippen molar-refractivity contribution < 1.29 is 4.79 Å². The van der Waals surface area contributed by atoms with E-state index in [1.165, 1.54) is 22.7 Å². The quantitative estimate of drug-likeness (QED) is 0.880. The fourth-order valence-corrected chi connectivity index (χ4v) is 2.78. The van der Waals surface area contributed by atoms with E-state index >= 15 is 0 Å². The van der Waals surface area contributed by atoms with E-state index in [0.29, 0.717) is 17.4 Å². The summed E-state index contributed by atoms with van der Waals surface area (Å²) >= 11 is 2.76. The van der Waals surface area contributed by atoms with Crippen LogP contribution in [0.2, 0.25) is 0 Å². The Morgan fingerprint density at radius 2 is 2.21 bits per heavy atom. The Labute approximate surface area is 124 Å². The van der Waals surface area contributed by atoms with Crippen LogP contribution in [0.25, 0.3) is 0 Å². The van der Waals surface area contributed by atoms with E-state index in [1.807, 2.05) is 0 Å². The number of anilines is 1. The number of halogens is 1. The van der Waals surface area contributed by atoms with Gasteiger partial charge in [-0.2, -0.15) is 0 Å². The number of aryl methyl sites for hydroxylation is 1. The normalized spacial score (nSPS) is 10.0. The zero-order valence-electron chi connectivity index (χ0n) is 10.3. The van der Waals surface area contributed by atoms with Gasteiger partial charge in [-0.25, -0.2) is 4.98 Å². The molecule has 2 rings (SSSR count). The molecule has 19 heavy (non-hydrogen) atoms. The van der Waals surface area contributed by atoms with Crippen LogP contribution in [0.15, 0.2) is 5.38 Å². The van der Waals surface area contributed by atoms with Gasteiger partial charge in [-0.3, -0.25) is 10.1 Å². The predicted octanol–water partition coefficient (Wildman–Crippen LogP) is 2.08. The summed E-state index contributed by atoms with van der Waals surface area (Å²) in [5.74, 6) is -0.273. The summed E-state index contributed by atoms with van der Waals surface area (Å²) in [7, 11) is 0. The molecule has 0 unspecified atom stereocenters. The average Bonchev–Trinajstić information content (AvgIpc) is 2.98. The largest absolute Gasteiger partial charge is 0.325 e. The van der Waals surface area contributed by atoms with Crippen molar-refractivity contribution in [3.05, 3.63) is 21.1 Å². The maximum atomic E-state index is 11.8. The zero-order valence-corrected chi connectivity index (χ0v) is 12.7. The molecule has 2 heterocycles. The molecule has 0 spiro atoms. The van der Waals surface area contributed by atoms with Gasteiger partial charge in [-0.05, 0) is 6.42 Å². The highest BCUT2D eigenvalue weighted by atomic mass is 35.5. The molecule has 0 saturated carbocycles. The van der Waals surface area contributed by atoms with Gasteiger partial charge in [0.2, 0.25) is 5.13 Å². The third-order valence-electron chi connectivity index (χ3n) is 2.11. The minimum Gasteiger partial charge on any atom is -0.325 e. The Hall–Kier alpha value is -1.09. The smallest absolute Gasteiger partial charge is 0.276 e. The molecule has 6 nitrogen and oxygen atoms in total. The number of nitrogens with two attached hydrogens (primary N) is 1. The van der Waals surface area contributed by atoms with Gasteiger partial charge in [0.05, 0.1) is 0 Å². The minimum atomic E-state index is -0.273. The van der Waals surface area contributed by atoms with Gasteiger partial charge in [0, 0.05) is 18.3 Å². The summed E-state index contributed by atoms with van der Waals surface area (Å²) in [6, 6.07) is 0. The molecule has 0 aliphatic carbocycles. The number of hydrogen-bond acceptors (Lipinski definition) is 7. The summed E-state index contributed by atoms with van der Waals surface area (Å²) in [4.78, 5) is 15.9. The van der Waals surface area contributed by atoms with Gasteiger partial charge in [0.1, 0.15) is 15.7 Å². The van der Waals surface area contributed by atoms with Gasteiger partial charge in [0.25, 0.3) is 5.91 Å². The first kappa shape index (κ1) is 16.0. The first-order valence-corrected chi connectivity index (χ1v) is 7.20. The fraction of sp³-hybridized carbons (Fsp3) is 0.400. The van der Waals surface area contributed by atoms with Crippen molar-refractivity contribution in [3.63, 3.8) is 0 Å². The van der Waals surface area contributed by atoms with E-state index in [9.17, 15) is 4.79 Å². The van der Waals surface area contributed by atoms with Crippen LogP contribution in [0.1, 0.15) is 33.8 Å². The van der Waals surface area contributed by atoms with Crippen molar-refractivity contribution in [1.82, 2.24) is 15.2 Å². The van der Waals surface area contributed by atoms with Crippen molar-refractivity contribution in [3.8, 4) is 0 Å². The second kappa shape index (κ2) is 7.49. The number of aromatic nitrogens is 3. The number of nitrogens with one attached hydrogen (secondary N) is 1. The molecule has 1 amide bonds. The lowest BCUT2D eigenvalue weighted by atomic mass is 10.4. The zero-order chi connectivity index (χ0) is 13.0. The molecule has 2 aromatic rings. The van der Waals surface area contributed by atoms with E-state index in [1.54, 1.807) is 5.38 Å². The number of rotatable bonds is 5. The van der Waals surface area contributed by atoms with Crippen LogP contribution >= 0.6 is 35.1 Å². The summed E-state index contributed by atoms with van der Waals surface area (Å²) in [6.45, 7) is 2.42. The Kier molecular flexibility index (Phi) is 6.29. The van der Waals surface area contributed by atoms with Crippen LogP contribution in [-0.2, 0) is 13.0 Å². The molecule has 0 aliphatic heterocycles. The Balaban J connectivity index is 0.00000180. The van der Waals surface area contributed by atoms with Crippen molar-refractivity contribution in [1.29, 1.82) is 0 Å². The first-order chi connectivity index (χ1) is 8.72. The van der Waals surface area contributed by atoms with E-state index in [0.717, 1.165) is 22.9 Å². The number of carbonyl (C=O) groups is 1. The predicted molar refractivity (Wildman–Crippen MR) is 79.1 cm³/mol. The van der Waals surface area contributed by atoms with E-state index in [-0.39, 0.29) is 18.3 Å². The third kappa shape index (κ3) is 4.20. The Morgan fingerprint density at radius 1 is 1.42 bits per heavy atom. The van der Waals surface area contributed by atoms with Gasteiger partial charge in [0.15, 0.2) is 0 Å². The molecule has 2 aromatic heterocycles. The van der Waals surface area contributed by atoms with Crippen LogP contribution in [0.5, 0.6) is 0 Å². The highest BCUT2D eigenvalue weighted by Gasteiger charge is 2.13. The molecular weight excluding hydrogens is 306 g/mol. The molecule has 9 heteroatoms. The molecule has 0 saturated heterocycles. The third-order valence-corrected chi connectivity index (χ3v) is 3.88. The number of hydrogen-bond donors (Lipinski definition) is 2. The molecule has 0 aromatic carbocycles. The lowest BCUT2D eigenvalue weighted by molar-refractivity contribution is 0.102. The number of thiazole rings is 1. The molecule has 0 atom stereocenters. The maximum Gasteiger partial charge on any atom is 0.276 e. The second-order valence-corrected chi connectivity index (χ2v) is 5.54. The van der Waals surface area contributed by atoms with Crippen molar-refractivity contribution in [2.24, 2.45) is 5.73 Å². The summed E-state index contributed by atoms with van der Waals surface area (Å²) in [6.07, 6.45) is 1.89. The monoisotopic (exact) mass is 319 g/mol. The van der Waals surface area contributed by atoms with Crippen molar-refractivity contribution >= 4 is 46.1 Å². The second-order valence-electron chi connectivity index (χ2n) is 3.54. The van der Waals surface area contributed by atoms with Gasteiger partial charge in [-0.15, -0.1) is 33.9 Å². The molecular formula is C10H14ClN5OS2.